The van der Waals surface area contributed by atoms with Crippen molar-refractivity contribution in [3.63, 3.8) is 0 Å². The van der Waals surface area contributed by atoms with Gasteiger partial charge in [0, 0.05) is 0 Å². The van der Waals surface area contributed by atoms with Crippen LogP contribution in [0.15, 0.2) is 72.8 Å². The van der Waals surface area contributed by atoms with E-state index in [1.54, 1.807) is 0 Å². The summed E-state index contributed by atoms with van der Waals surface area (Å²) in [5, 5.41) is 0. The second-order valence-electron chi connectivity index (χ2n) is 2.31. The van der Waals surface area contributed by atoms with Crippen LogP contribution in [-0.4, -0.2) is 0 Å². The summed E-state index contributed by atoms with van der Waals surface area (Å²) >= 11 is 0. The molecule has 0 heterocycles. The normalized spacial score (nSPS) is 5.65. The van der Waals surface area contributed by atoms with E-state index in [-0.39, 0.29) is 62.0 Å². The fourth-order valence-corrected chi connectivity index (χ4v) is 0.770. The predicted molar refractivity (Wildman–Crippen MR) is 89.1 cm³/mol. The van der Waals surface area contributed by atoms with E-state index in [1.165, 1.54) is 0 Å². The third kappa shape index (κ3) is 21.7. The van der Waals surface area contributed by atoms with Crippen molar-refractivity contribution < 1.29 is 0 Å². The first-order valence-corrected chi connectivity index (χ1v) is 4.00. The van der Waals surface area contributed by atoms with E-state index in [9.17, 15) is 0 Å². The zero-order chi connectivity index (χ0) is 8.49. The van der Waals surface area contributed by atoms with Crippen LogP contribution in [-0.2, 0) is 0 Å². The molecule has 0 amide bonds. The Bertz CT molecular complexity index is 190. The first-order chi connectivity index (χ1) is 6.00. The van der Waals surface area contributed by atoms with Crippen LogP contribution in [0.1, 0.15) is 0 Å². The SMILES string of the molecule is Cl.Cl.Cl.Cl.Cl.c1ccccc1.c1ccccc1. The van der Waals surface area contributed by atoms with Gasteiger partial charge in [0.05, 0.1) is 0 Å². The van der Waals surface area contributed by atoms with Crippen molar-refractivity contribution in [1.29, 1.82) is 0 Å². The van der Waals surface area contributed by atoms with E-state index < -0.39 is 0 Å². The minimum atomic E-state index is 0. The molecule has 0 nitrogen and oxygen atoms in total. The van der Waals surface area contributed by atoms with Crippen LogP contribution in [0, 0.1) is 0 Å². The summed E-state index contributed by atoms with van der Waals surface area (Å²) in [6.45, 7) is 0. The molecule has 0 atom stereocenters. The van der Waals surface area contributed by atoms with Gasteiger partial charge in [0.1, 0.15) is 0 Å². The van der Waals surface area contributed by atoms with Crippen LogP contribution in [0.5, 0.6) is 0 Å². The molecular formula is C12H17Cl5. The average Bonchev–Trinajstić information content (AvgIpc) is 2.24. The van der Waals surface area contributed by atoms with Crippen LogP contribution in [0.25, 0.3) is 0 Å². The monoisotopic (exact) mass is 336 g/mol. The van der Waals surface area contributed by atoms with Crippen molar-refractivity contribution in [2.24, 2.45) is 0 Å². The lowest BCUT2D eigenvalue weighted by molar-refractivity contribution is 1.72. The van der Waals surface area contributed by atoms with Crippen molar-refractivity contribution in [2.45, 2.75) is 0 Å². The molecule has 0 bridgehead atoms. The minimum absolute atomic E-state index is 0. The van der Waals surface area contributed by atoms with E-state index >= 15 is 0 Å². The van der Waals surface area contributed by atoms with Gasteiger partial charge in [0.25, 0.3) is 0 Å². The minimum Gasteiger partial charge on any atom is -0.147 e. The summed E-state index contributed by atoms with van der Waals surface area (Å²) in [6, 6.07) is 24.0. The molecule has 0 aliphatic carbocycles. The molecule has 0 radical (unpaired) electrons. The maximum atomic E-state index is 2.00. The summed E-state index contributed by atoms with van der Waals surface area (Å²) < 4.78 is 0. The fraction of sp³-hybridized carbons (Fsp3) is 0. The van der Waals surface area contributed by atoms with Gasteiger partial charge >= 0.3 is 0 Å². The predicted octanol–water partition coefficient (Wildman–Crippen LogP) is 5.48. The first kappa shape index (κ1) is 30.2. The summed E-state index contributed by atoms with van der Waals surface area (Å²) in [4.78, 5) is 0. The molecular weight excluding hydrogens is 321 g/mol. The lowest BCUT2D eigenvalue weighted by Gasteiger charge is -1.69. The standard InChI is InChI=1S/2C6H6.5ClH/c2*1-2-4-6-5-3-1;;;;;/h2*1-6H;5*1H. The smallest absolute Gasteiger partial charge is 0.0623 e. The fourth-order valence-electron chi connectivity index (χ4n) is 0.770. The maximum absolute atomic E-state index is 2.00. The molecule has 0 aliphatic rings. The maximum Gasteiger partial charge on any atom is -0.0623 e. The number of halogens is 5. The Balaban J connectivity index is -0.0000000436. The third-order valence-electron chi connectivity index (χ3n) is 1.33. The number of benzene rings is 2. The highest BCUT2D eigenvalue weighted by atomic mass is 35.5. The Kier molecular flexibility index (Phi) is 44.2. The molecule has 0 saturated carbocycles. The molecule has 100 valence electrons. The molecule has 5 heteroatoms. The van der Waals surface area contributed by atoms with Crippen molar-refractivity contribution >= 4 is 62.0 Å². The van der Waals surface area contributed by atoms with Crippen molar-refractivity contribution in [2.75, 3.05) is 0 Å². The van der Waals surface area contributed by atoms with E-state index in [2.05, 4.69) is 0 Å². The van der Waals surface area contributed by atoms with Crippen LogP contribution < -0.4 is 0 Å². The van der Waals surface area contributed by atoms with Gasteiger partial charge < -0.3 is 0 Å². The Morgan fingerprint density at radius 1 is 0.176 bits per heavy atom. The van der Waals surface area contributed by atoms with Crippen LogP contribution in [0.4, 0.5) is 0 Å². The van der Waals surface area contributed by atoms with Crippen molar-refractivity contribution in [1.82, 2.24) is 0 Å². The van der Waals surface area contributed by atoms with Gasteiger partial charge in [-0.25, -0.2) is 0 Å². The van der Waals surface area contributed by atoms with E-state index in [0.29, 0.717) is 0 Å². The lowest BCUT2D eigenvalue weighted by Crippen LogP contribution is -1.47. The van der Waals surface area contributed by atoms with Crippen LogP contribution >= 0.6 is 62.0 Å². The number of rotatable bonds is 0. The molecule has 2 aromatic rings. The van der Waals surface area contributed by atoms with E-state index in [0.717, 1.165) is 0 Å². The van der Waals surface area contributed by atoms with E-state index in [4.69, 9.17) is 0 Å². The molecule has 17 heavy (non-hydrogen) atoms. The first-order valence-electron chi connectivity index (χ1n) is 4.00. The molecule has 2 rings (SSSR count). The summed E-state index contributed by atoms with van der Waals surface area (Å²) in [5.74, 6) is 0. The Morgan fingerprint density at radius 2 is 0.235 bits per heavy atom. The van der Waals surface area contributed by atoms with Gasteiger partial charge in [-0.05, 0) is 0 Å². The van der Waals surface area contributed by atoms with Gasteiger partial charge in [0.2, 0.25) is 0 Å². The second kappa shape index (κ2) is 24.9. The zero-order valence-electron chi connectivity index (χ0n) is 8.97. The Morgan fingerprint density at radius 3 is 0.294 bits per heavy atom. The zero-order valence-corrected chi connectivity index (χ0v) is 13.1. The largest absolute Gasteiger partial charge is 0.147 e. The molecule has 0 aromatic heterocycles. The molecule has 0 unspecified atom stereocenters. The van der Waals surface area contributed by atoms with Crippen LogP contribution in [0.2, 0.25) is 0 Å². The van der Waals surface area contributed by atoms with Gasteiger partial charge in [0.15, 0.2) is 0 Å². The van der Waals surface area contributed by atoms with Gasteiger partial charge in [-0.15, -0.1) is 62.0 Å². The number of hydrogen-bond acceptors (Lipinski definition) is 0. The van der Waals surface area contributed by atoms with Crippen molar-refractivity contribution in [3.05, 3.63) is 72.8 Å². The van der Waals surface area contributed by atoms with Crippen molar-refractivity contribution in [3.8, 4) is 0 Å². The molecule has 0 spiro atoms. The van der Waals surface area contributed by atoms with Gasteiger partial charge in [-0.3, -0.25) is 0 Å². The molecule has 0 N–H and O–H groups in total. The number of hydrogen-bond donors (Lipinski definition) is 0. The second-order valence-corrected chi connectivity index (χ2v) is 2.31. The highest BCUT2D eigenvalue weighted by Crippen LogP contribution is 1.80. The highest BCUT2D eigenvalue weighted by Gasteiger charge is 1.58. The van der Waals surface area contributed by atoms with E-state index in [1.807, 2.05) is 72.8 Å². The van der Waals surface area contributed by atoms with Gasteiger partial charge in [-0.2, -0.15) is 0 Å². The lowest BCUT2D eigenvalue weighted by atomic mass is 10.4. The Labute approximate surface area is 134 Å². The highest BCUT2D eigenvalue weighted by molar-refractivity contribution is 5.86. The molecule has 0 fully saturated rings. The quantitative estimate of drug-likeness (QED) is 0.596. The molecule has 2 aromatic carbocycles. The molecule has 0 saturated heterocycles. The Hall–Kier alpha value is -0.110. The summed E-state index contributed by atoms with van der Waals surface area (Å²) in [7, 11) is 0. The molecule has 0 aliphatic heterocycles. The third-order valence-corrected chi connectivity index (χ3v) is 1.33. The summed E-state index contributed by atoms with van der Waals surface area (Å²) in [6.07, 6.45) is 0. The van der Waals surface area contributed by atoms with Crippen LogP contribution in [0.3, 0.4) is 0 Å². The topological polar surface area (TPSA) is 0 Å². The summed E-state index contributed by atoms with van der Waals surface area (Å²) in [5.41, 5.74) is 0. The van der Waals surface area contributed by atoms with Gasteiger partial charge in [-0.1, -0.05) is 72.8 Å². The average molecular weight is 339 g/mol.